The Bertz CT molecular complexity index is 484. The summed E-state index contributed by atoms with van der Waals surface area (Å²) in [4.78, 5) is 2.41. The minimum absolute atomic E-state index is 0.251. The zero-order valence-electron chi connectivity index (χ0n) is 13.2. The Hall–Kier alpha value is -1.38. The number of hydrogen-bond donors (Lipinski definition) is 1. The van der Waals surface area contributed by atoms with Gasteiger partial charge in [-0.25, -0.2) is 0 Å². The van der Waals surface area contributed by atoms with Crippen molar-refractivity contribution >= 4 is 0 Å². The lowest BCUT2D eigenvalue weighted by Crippen LogP contribution is -2.54. The van der Waals surface area contributed by atoms with Gasteiger partial charge in [0.25, 0.3) is 0 Å². The molecule has 114 valence electrons. The predicted octanol–water partition coefficient (Wildman–Crippen LogP) is 3.63. The van der Waals surface area contributed by atoms with Crippen molar-refractivity contribution in [2.45, 2.75) is 44.2 Å². The van der Waals surface area contributed by atoms with E-state index in [4.69, 9.17) is 5.73 Å². The molecule has 2 heteroatoms. The van der Waals surface area contributed by atoms with Gasteiger partial charge in [-0.2, -0.15) is 0 Å². The molecule has 0 radical (unpaired) electrons. The minimum Gasteiger partial charge on any atom is -0.320 e. The molecule has 1 aromatic carbocycles. The molecule has 1 aliphatic rings. The maximum Gasteiger partial charge on any atom is 0.0573 e. The molecule has 0 aliphatic heterocycles. The second-order valence-electron chi connectivity index (χ2n) is 6.05. The van der Waals surface area contributed by atoms with E-state index in [1.165, 1.54) is 17.5 Å². The summed E-state index contributed by atoms with van der Waals surface area (Å²) in [6.45, 7) is 11.7. The summed E-state index contributed by atoms with van der Waals surface area (Å²) in [6.07, 6.45) is 8.33. The first-order valence-electron chi connectivity index (χ1n) is 8.00. The van der Waals surface area contributed by atoms with Crippen LogP contribution in [0.3, 0.4) is 0 Å². The van der Waals surface area contributed by atoms with E-state index in [0.717, 1.165) is 32.4 Å². The fraction of sp³-hybridized carbons (Fsp3) is 0.474. The third-order valence-electron chi connectivity index (χ3n) is 4.64. The van der Waals surface area contributed by atoms with E-state index in [2.05, 4.69) is 49.2 Å². The maximum atomic E-state index is 6.95. The highest BCUT2D eigenvalue weighted by Crippen LogP contribution is 2.41. The molecule has 2 nitrogen and oxygen atoms in total. The van der Waals surface area contributed by atoms with Gasteiger partial charge >= 0.3 is 0 Å². The Labute approximate surface area is 129 Å². The summed E-state index contributed by atoms with van der Waals surface area (Å²) in [6, 6.07) is 9.00. The van der Waals surface area contributed by atoms with Gasteiger partial charge in [0.15, 0.2) is 0 Å². The Kier molecular flexibility index (Phi) is 5.38. The van der Waals surface area contributed by atoms with Crippen molar-refractivity contribution in [1.82, 2.24) is 4.90 Å². The summed E-state index contributed by atoms with van der Waals surface area (Å²) < 4.78 is 0. The second kappa shape index (κ2) is 7.06. The van der Waals surface area contributed by atoms with E-state index in [1.807, 2.05) is 12.2 Å². The Morgan fingerprint density at radius 3 is 2.57 bits per heavy atom. The Morgan fingerprint density at radius 1 is 1.29 bits per heavy atom. The molecule has 2 atom stereocenters. The zero-order valence-corrected chi connectivity index (χ0v) is 13.2. The van der Waals surface area contributed by atoms with Gasteiger partial charge in [-0.05, 0) is 24.0 Å². The number of rotatable bonds is 8. The first kappa shape index (κ1) is 16.0. The first-order valence-corrected chi connectivity index (χ1v) is 8.00. The van der Waals surface area contributed by atoms with Crippen molar-refractivity contribution in [2.24, 2.45) is 5.73 Å². The molecular weight excluding hydrogens is 256 g/mol. The first-order chi connectivity index (χ1) is 10.2. The van der Waals surface area contributed by atoms with Gasteiger partial charge in [-0.1, -0.05) is 56.2 Å². The lowest BCUT2D eigenvalue weighted by Gasteiger charge is -2.39. The minimum atomic E-state index is -0.251. The number of nitrogens with zero attached hydrogens (tertiary/aromatic N) is 1. The van der Waals surface area contributed by atoms with Crippen molar-refractivity contribution in [3.05, 3.63) is 60.7 Å². The van der Waals surface area contributed by atoms with Crippen LogP contribution >= 0.6 is 0 Å². The van der Waals surface area contributed by atoms with Crippen molar-refractivity contribution in [3.8, 4) is 0 Å². The second-order valence-corrected chi connectivity index (χ2v) is 6.05. The average molecular weight is 284 g/mol. The number of hydrogen-bond acceptors (Lipinski definition) is 2. The lowest BCUT2D eigenvalue weighted by molar-refractivity contribution is 0.149. The van der Waals surface area contributed by atoms with Gasteiger partial charge in [0.1, 0.15) is 0 Å². The number of fused-ring (bicyclic) bond motifs is 1. The molecule has 2 unspecified atom stereocenters. The maximum absolute atomic E-state index is 6.95. The molecule has 21 heavy (non-hydrogen) atoms. The Morgan fingerprint density at radius 2 is 1.95 bits per heavy atom. The van der Waals surface area contributed by atoms with Crippen molar-refractivity contribution in [3.63, 3.8) is 0 Å². The highest BCUT2D eigenvalue weighted by molar-refractivity contribution is 5.41. The predicted molar refractivity (Wildman–Crippen MR) is 91.3 cm³/mol. The molecule has 2 rings (SSSR count). The van der Waals surface area contributed by atoms with Gasteiger partial charge in [-0.15, -0.1) is 13.2 Å². The molecule has 0 aromatic heterocycles. The summed E-state index contributed by atoms with van der Waals surface area (Å²) in [7, 11) is 0. The fourth-order valence-corrected chi connectivity index (χ4v) is 3.61. The molecule has 0 saturated carbocycles. The molecule has 2 N–H and O–H groups in total. The zero-order chi connectivity index (χ0) is 15.3. The van der Waals surface area contributed by atoms with Gasteiger partial charge in [0.2, 0.25) is 0 Å². The average Bonchev–Trinajstić information content (AvgIpc) is 2.79. The summed E-state index contributed by atoms with van der Waals surface area (Å²) >= 11 is 0. The molecule has 1 aliphatic carbocycles. The van der Waals surface area contributed by atoms with Crippen LogP contribution in [0.4, 0.5) is 0 Å². The van der Waals surface area contributed by atoms with Gasteiger partial charge in [0, 0.05) is 19.1 Å². The van der Waals surface area contributed by atoms with E-state index in [1.54, 1.807) is 0 Å². The van der Waals surface area contributed by atoms with E-state index < -0.39 is 0 Å². The molecular formula is C19H28N2. The monoisotopic (exact) mass is 284 g/mol. The third kappa shape index (κ3) is 3.12. The highest BCUT2D eigenvalue weighted by Gasteiger charge is 2.45. The lowest BCUT2D eigenvalue weighted by atomic mass is 9.83. The van der Waals surface area contributed by atoms with Crippen molar-refractivity contribution in [1.29, 1.82) is 0 Å². The van der Waals surface area contributed by atoms with Crippen molar-refractivity contribution in [2.75, 3.05) is 13.1 Å². The quantitative estimate of drug-likeness (QED) is 0.739. The molecule has 0 saturated heterocycles. The molecule has 0 heterocycles. The molecule has 1 aromatic rings. The van der Waals surface area contributed by atoms with Crippen LogP contribution < -0.4 is 5.73 Å². The topological polar surface area (TPSA) is 29.3 Å². The van der Waals surface area contributed by atoms with Gasteiger partial charge in [0.05, 0.1) is 5.54 Å². The number of unbranched alkanes of at least 4 members (excludes halogenated alkanes) is 1. The SMILES string of the molecule is C=CCN(CC=C)C1Cc2ccccc2C1(N)CCCC. The summed E-state index contributed by atoms with van der Waals surface area (Å²) in [5.41, 5.74) is 9.44. The fourth-order valence-electron chi connectivity index (χ4n) is 3.61. The third-order valence-corrected chi connectivity index (χ3v) is 4.64. The van der Waals surface area contributed by atoms with E-state index >= 15 is 0 Å². The van der Waals surface area contributed by atoms with Crippen LogP contribution in [0, 0.1) is 0 Å². The molecule has 0 bridgehead atoms. The molecule has 0 fully saturated rings. The standard InChI is InChI=1S/C19H28N2/c1-4-7-12-19(20)17-11-9-8-10-16(17)15-18(19)21(13-5-2)14-6-3/h5-6,8-11,18H,2-4,7,12-15,20H2,1H3. The van der Waals surface area contributed by atoms with E-state index in [9.17, 15) is 0 Å². The molecule has 0 spiro atoms. The van der Waals surface area contributed by atoms with E-state index in [-0.39, 0.29) is 5.54 Å². The Balaban J connectivity index is 2.35. The van der Waals surface area contributed by atoms with Crippen LogP contribution in [0.2, 0.25) is 0 Å². The smallest absolute Gasteiger partial charge is 0.0573 e. The summed E-state index contributed by atoms with van der Waals surface area (Å²) in [5.74, 6) is 0. The van der Waals surface area contributed by atoms with Crippen LogP contribution in [-0.2, 0) is 12.0 Å². The number of nitrogens with two attached hydrogens (primary N) is 1. The van der Waals surface area contributed by atoms with Crippen LogP contribution in [0.5, 0.6) is 0 Å². The van der Waals surface area contributed by atoms with Crippen LogP contribution in [0.25, 0.3) is 0 Å². The van der Waals surface area contributed by atoms with Crippen LogP contribution in [-0.4, -0.2) is 24.0 Å². The highest BCUT2D eigenvalue weighted by atomic mass is 15.2. The van der Waals surface area contributed by atoms with Gasteiger partial charge in [-0.3, -0.25) is 4.90 Å². The normalized spacial score (nSPS) is 24.0. The largest absolute Gasteiger partial charge is 0.320 e. The molecule has 0 amide bonds. The van der Waals surface area contributed by atoms with E-state index in [0.29, 0.717) is 6.04 Å². The van der Waals surface area contributed by atoms with Gasteiger partial charge < -0.3 is 5.73 Å². The number of benzene rings is 1. The summed E-state index contributed by atoms with van der Waals surface area (Å²) in [5, 5.41) is 0. The van der Waals surface area contributed by atoms with Crippen molar-refractivity contribution < 1.29 is 0 Å². The van der Waals surface area contributed by atoms with Crippen LogP contribution in [0.1, 0.15) is 37.3 Å². The van der Waals surface area contributed by atoms with Crippen LogP contribution in [0.15, 0.2) is 49.6 Å².